The lowest BCUT2D eigenvalue weighted by atomic mass is 10.2. The topological polar surface area (TPSA) is 97.7 Å². The van der Waals surface area contributed by atoms with Gasteiger partial charge in [-0.25, -0.2) is 8.78 Å². The van der Waals surface area contributed by atoms with Gasteiger partial charge in [0.2, 0.25) is 0 Å². The van der Waals surface area contributed by atoms with Crippen LogP contribution in [-0.4, -0.2) is 21.4 Å². The van der Waals surface area contributed by atoms with Gasteiger partial charge in [-0.1, -0.05) is 12.1 Å². The van der Waals surface area contributed by atoms with Gasteiger partial charge in [0.1, 0.15) is 0 Å². The fourth-order valence-electron chi connectivity index (χ4n) is 0.856. The van der Waals surface area contributed by atoms with Crippen LogP contribution in [0.1, 0.15) is 5.56 Å². The Hall–Kier alpha value is -1.10. The molecule has 0 spiro atoms. The summed E-state index contributed by atoms with van der Waals surface area (Å²) in [6, 6.07) is 2.87. The van der Waals surface area contributed by atoms with Gasteiger partial charge in [0.05, 0.1) is 6.61 Å². The minimum absolute atomic E-state index is 0.503. The molecule has 10 heteroatoms. The maximum atomic E-state index is 13.0. The number of rotatable bonds is 4. The van der Waals surface area contributed by atoms with Crippen LogP contribution in [0.25, 0.3) is 0 Å². The molecule has 6 nitrogen and oxygen atoms in total. The van der Waals surface area contributed by atoms with Gasteiger partial charge in [0.25, 0.3) is 0 Å². The zero-order chi connectivity index (χ0) is 13.3. The molecule has 0 fully saturated rings. The molecule has 96 valence electrons. The van der Waals surface area contributed by atoms with Crippen molar-refractivity contribution in [3.8, 4) is 0 Å². The molecule has 0 aliphatic heterocycles. The first-order chi connectivity index (χ1) is 7.65. The number of hydrogen-bond donors (Lipinski definition) is 1. The third-order valence-corrected chi connectivity index (χ3v) is 4.41. The molecule has 0 aromatic heterocycles. The molecule has 0 unspecified atom stereocenters. The first kappa shape index (κ1) is 14.0. The Morgan fingerprint density at radius 1 is 1.18 bits per heavy atom. The Morgan fingerprint density at radius 2 is 1.76 bits per heavy atom. The molecule has 1 aromatic rings. The molecule has 0 radical (unpaired) electrons. The van der Waals surface area contributed by atoms with E-state index in [4.69, 9.17) is 4.55 Å². The van der Waals surface area contributed by atoms with E-state index >= 15 is 0 Å². The smallest absolute Gasteiger partial charge is 0.272 e. The molecule has 0 aliphatic rings. The summed E-state index contributed by atoms with van der Waals surface area (Å²) in [5, 5.41) is 0. The average Bonchev–Trinajstić information content (AvgIpc) is 2.18. The van der Waals surface area contributed by atoms with Crippen LogP contribution in [0.2, 0.25) is 0 Å². The summed E-state index contributed by atoms with van der Waals surface area (Å²) in [5.74, 6) is -2.60. The minimum Gasteiger partial charge on any atom is -0.272 e. The number of halogens is 2. The van der Waals surface area contributed by atoms with Crippen molar-refractivity contribution in [2.45, 2.75) is 6.61 Å². The summed E-state index contributed by atoms with van der Waals surface area (Å²) in [6.07, 6.45) is 0. The molecule has 0 saturated carbocycles. The Bertz CT molecular complexity index is 622. The van der Waals surface area contributed by atoms with Crippen LogP contribution in [0.15, 0.2) is 18.2 Å². The van der Waals surface area contributed by atoms with Gasteiger partial charge >= 0.3 is 18.3 Å². The third kappa shape index (κ3) is 3.19. The van der Waals surface area contributed by atoms with E-state index in [0.29, 0.717) is 0 Å². The monoisotopic (exact) mass is 288 g/mol. The predicted molar refractivity (Wildman–Crippen MR) is 51.6 cm³/mol. The SMILES string of the molecule is O=S(=O)(O)S(=O)(=O)OCc1cccc(F)c1F. The highest BCUT2D eigenvalue weighted by Crippen LogP contribution is 2.14. The lowest BCUT2D eigenvalue weighted by Crippen LogP contribution is -2.17. The maximum absolute atomic E-state index is 13.0. The summed E-state index contributed by atoms with van der Waals surface area (Å²) < 4.78 is 79.9. The van der Waals surface area contributed by atoms with Crippen LogP contribution in [0.3, 0.4) is 0 Å². The maximum Gasteiger partial charge on any atom is 0.400 e. The van der Waals surface area contributed by atoms with E-state index in [1.54, 1.807) is 0 Å². The summed E-state index contributed by atoms with van der Waals surface area (Å²) in [6.45, 7) is -1.05. The van der Waals surface area contributed by atoms with E-state index in [-0.39, 0.29) is 0 Å². The first-order valence-electron chi connectivity index (χ1n) is 3.95. The van der Waals surface area contributed by atoms with Gasteiger partial charge in [0.15, 0.2) is 11.6 Å². The largest absolute Gasteiger partial charge is 0.400 e. The molecule has 1 aromatic carbocycles. The molecule has 0 heterocycles. The van der Waals surface area contributed by atoms with E-state index in [1.165, 1.54) is 0 Å². The third-order valence-electron chi connectivity index (χ3n) is 1.65. The Balaban J connectivity index is 2.93. The highest BCUT2D eigenvalue weighted by Gasteiger charge is 2.28. The Kier molecular flexibility index (Phi) is 3.81. The summed E-state index contributed by atoms with van der Waals surface area (Å²) in [4.78, 5) is 0. The molecule has 1 rings (SSSR count). The van der Waals surface area contributed by atoms with E-state index in [9.17, 15) is 25.6 Å². The second kappa shape index (κ2) is 4.64. The van der Waals surface area contributed by atoms with Crippen LogP contribution in [0.5, 0.6) is 0 Å². The molecular formula is C7H6F2O6S2. The van der Waals surface area contributed by atoms with Crippen LogP contribution < -0.4 is 0 Å². The summed E-state index contributed by atoms with van der Waals surface area (Å²) in [5.41, 5.74) is -0.503. The molecule has 17 heavy (non-hydrogen) atoms. The van der Waals surface area contributed by atoms with Crippen molar-refractivity contribution in [1.29, 1.82) is 0 Å². The zero-order valence-electron chi connectivity index (χ0n) is 8.00. The van der Waals surface area contributed by atoms with Gasteiger partial charge in [0, 0.05) is 5.56 Å². The highest BCUT2D eigenvalue weighted by atomic mass is 33.2. The van der Waals surface area contributed by atoms with Crippen LogP contribution >= 0.6 is 0 Å². The van der Waals surface area contributed by atoms with Crippen molar-refractivity contribution >= 4 is 18.3 Å². The van der Waals surface area contributed by atoms with Crippen LogP contribution in [-0.2, 0) is 29.1 Å². The van der Waals surface area contributed by atoms with Crippen molar-refractivity contribution in [2.75, 3.05) is 0 Å². The van der Waals surface area contributed by atoms with Gasteiger partial charge in [-0.3, -0.25) is 8.74 Å². The lowest BCUT2D eigenvalue weighted by molar-refractivity contribution is 0.305. The average molecular weight is 288 g/mol. The molecule has 0 atom stereocenters. The standard InChI is InChI=1S/C7H6F2O6S2/c8-6-3-1-2-5(7(6)9)4-15-17(13,14)16(10,11)12/h1-3H,4H2,(H,10,11,12). The zero-order valence-corrected chi connectivity index (χ0v) is 9.63. The second-order valence-electron chi connectivity index (χ2n) is 2.81. The van der Waals surface area contributed by atoms with Crippen molar-refractivity contribution in [3.63, 3.8) is 0 Å². The highest BCUT2D eigenvalue weighted by molar-refractivity contribution is 8.63. The van der Waals surface area contributed by atoms with Crippen molar-refractivity contribution in [3.05, 3.63) is 35.4 Å². The fraction of sp³-hybridized carbons (Fsp3) is 0.143. The van der Waals surface area contributed by atoms with Crippen LogP contribution in [0.4, 0.5) is 8.78 Å². The van der Waals surface area contributed by atoms with E-state index in [1.807, 2.05) is 0 Å². The van der Waals surface area contributed by atoms with Crippen LogP contribution in [0, 0.1) is 11.6 Å². The van der Waals surface area contributed by atoms with Gasteiger partial charge < -0.3 is 0 Å². The summed E-state index contributed by atoms with van der Waals surface area (Å²) in [7, 11) is -10.7. The normalized spacial score (nSPS) is 12.6. The van der Waals surface area contributed by atoms with Gasteiger partial charge in [-0.05, 0) is 6.07 Å². The molecular weight excluding hydrogens is 282 g/mol. The lowest BCUT2D eigenvalue weighted by Gasteiger charge is -2.04. The number of benzene rings is 1. The van der Waals surface area contributed by atoms with E-state index in [0.717, 1.165) is 18.2 Å². The van der Waals surface area contributed by atoms with Gasteiger partial charge in [-0.2, -0.15) is 16.8 Å². The van der Waals surface area contributed by atoms with Crippen molar-refractivity contribution < 1.29 is 34.4 Å². The molecule has 1 N–H and O–H groups in total. The molecule has 0 aliphatic carbocycles. The van der Waals surface area contributed by atoms with Crippen molar-refractivity contribution in [2.24, 2.45) is 0 Å². The predicted octanol–water partition coefficient (Wildman–Crippen LogP) is 0.614. The Morgan fingerprint density at radius 3 is 2.29 bits per heavy atom. The quantitative estimate of drug-likeness (QED) is 0.644. The fourth-order valence-corrected chi connectivity index (χ4v) is 1.76. The minimum atomic E-state index is -5.46. The molecule has 0 amide bonds. The molecule has 0 saturated heterocycles. The van der Waals surface area contributed by atoms with Gasteiger partial charge in [-0.15, -0.1) is 0 Å². The van der Waals surface area contributed by atoms with E-state index < -0.39 is 42.1 Å². The summed E-state index contributed by atoms with van der Waals surface area (Å²) >= 11 is 0. The second-order valence-corrected chi connectivity index (χ2v) is 7.21. The Labute approximate surface area is 95.1 Å². The molecule has 0 bridgehead atoms. The number of hydrogen-bond acceptors (Lipinski definition) is 5. The van der Waals surface area contributed by atoms with E-state index in [2.05, 4.69) is 4.18 Å². The van der Waals surface area contributed by atoms with Crippen molar-refractivity contribution in [1.82, 2.24) is 0 Å². The first-order valence-corrected chi connectivity index (χ1v) is 7.31.